The molecule has 0 bridgehead atoms. The van der Waals surface area contributed by atoms with Crippen LogP contribution in [-0.2, 0) is 9.59 Å². The van der Waals surface area contributed by atoms with Crippen LogP contribution in [0.2, 0.25) is 0 Å². The van der Waals surface area contributed by atoms with Gasteiger partial charge in [-0.3, -0.25) is 14.5 Å². The number of carbonyl (C=O) groups is 2. The number of ketones is 1. The number of para-hydroxylation sites is 1. The van der Waals surface area contributed by atoms with E-state index < -0.39 is 17.7 Å². The highest BCUT2D eigenvalue weighted by molar-refractivity contribution is 6.51. The third kappa shape index (κ3) is 3.50. The number of amides is 1. The highest BCUT2D eigenvalue weighted by atomic mass is 16.5. The number of benzene rings is 3. The number of phenolic OH excluding ortho intramolecular Hbond substituents is 1. The summed E-state index contributed by atoms with van der Waals surface area (Å²) in [5.41, 5.74) is 3.10. The van der Waals surface area contributed by atoms with E-state index in [-0.39, 0.29) is 17.1 Å². The van der Waals surface area contributed by atoms with Crippen molar-refractivity contribution in [1.29, 1.82) is 0 Å². The van der Waals surface area contributed by atoms with Crippen LogP contribution < -0.4 is 9.64 Å². The summed E-state index contributed by atoms with van der Waals surface area (Å²) in [5, 5.41) is 21.1. The Labute approximate surface area is 186 Å². The van der Waals surface area contributed by atoms with Crippen LogP contribution in [0, 0.1) is 13.8 Å². The lowest BCUT2D eigenvalue weighted by atomic mass is 9.93. The summed E-state index contributed by atoms with van der Waals surface area (Å²) in [6.45, 7) is 3.73. The normalized spacial score (nSPS) is 17.6. The van der Waals surface area contributed by atoms with Gasteiger partial charge in [-0.05, 0) is 60.9 Å². The molecule has 0 aromatic heterocycles. The predicted octanol–water partition coefficient (Wildman–Crippen LogP) is 4.64. The molecule has 1 atom stereocenters. The van der Waals surface area contributed by atoms with Crippen molar-refractivity contribution in [3.63, 3.8) is 0 Å². The van der Waals surface area contributed by atoms with Gasteiger partial charge in [0.15, 0.2) is 0 Å². The summed E-state index contributed by atoms with van der Waals surface area (Å²) in [6, 6.07) is 17.8. The van der Waals surface area contributed by atoms with E-state index in [0.717, 1.165) is 11.1 Å². The van der Waals surface area contributed by atoms with Crippen LogP contribution in [0.25, 0.3) is 5.76 Å². The molecule has 1 unspecified atom stereocenters. The molecule has 1 fully saturated rings. The number of nitrogens with zero attached hydrogens (tertiary/aromatic N) is 1. The number of Topliss-reactive ketones (excluding diaryl/α,β-unsaturated/α-hetero) is 1. The Kier molecular flexibility index (Phi) is 5.45. The first kappa shape index (κ1) is 21.2. The minimum Gasteiger partial charge on any atom is -0.508 e. The van der Waals surface area contributed by atoms with Crippen molar-refractivity contribution in [2.45, 2.75) is 19.9 Å². The predicted molar refractivity (Wildman–Crippen MR) is 122 cm³/mol. The first-order valence-electron chi connectivity index (χ1n) is 10.1. The zero-order valence-corrected chi connectivity index (χ0v) is 18.0. The molecule has 0 spiro atoms. The third-order valence-corrected chi connectivity index (χ3v) is 5.57. The highest BCUT2D eigenvalue weighted by Gasteiger charge is 2.47. The number of rotatable bonds is 4. The lowest BCUT2D eigenvalue weighted by molar-refractivity contribution is -0.132. The van der Waals surface area contributed by atoms with Gasteiger partial charge in [-0.1, -0.05) is 36.4 Å². The van der Waals surface area contributed by atoms with E-state index in [1.165, 1.54) is 24.1 Å². The van der Waals surface area contributed by atoms with Crippen LogP contribution in [0.3, 0.4) is 0 Å². The number of aromatic hydroxyl groups is 1. The fourth-order valence-corrected chi connectivity index (χ4v) is 4.21. The lowest BCUT2D eigenvalue weighted by Gasteiger charge is -2.25. The first-order valence-corrected chi connectivity index (χ1v) is 10.1. The van der Waals surface area contributed by atoms with Crippen molar-refractivity contribution < 1.29 is 24.5 Å². The zero-order chi connectivity index (χ0) is 23.0. The summed E-state index contributed by atoms with van der Waals surface area (Å²) in [6.07, 6.45) is 0. The number of methoxy groups -OCH3 is 1. The van der Waals surface area contributed by atoms with Crippen molar-refractivity contribution in [2.75, 3.05) is 12.0 Å². The van der Waals surface area contributed by atoms with Gasteiger partial charge in [0.1, 0.15) is 17.3 Å². The Morgan fingerprint density at radius 2 is 1.62 bits per heavy atom. The average Bonchev–Trinajstić information content (AvgIpc) is 3.04. The van der Waals surface area contributed by atoms with Crippen LogP contribution in [0.4, 0.5) is 5.69 Å². The smallest absolute Gasteiger partial charge is 0.300 e. The summed E-state index contributed by atoms with van der Waals surface area (Å²) >= 11 is 0. The van der Waals surface area contributed by atoms with Gasteiger partial charge >= 0.3 is 0 Å². The second kappa shape index (κ2) is 8.23. The molecule has 0 aliphatic carbocycles. The molecule has 1 aliphatic heterocycles. The van der Waals surface area contributed by atoms with E-state index in [1.54, 1.807) is 42.5 Å². The van der Waals surface area contributed by atoms with Gasteiger partial charge in [0.2, 0.25) is 0 Å². The Morgan fingerprint density at radius 1 is 0.969 bits per heavy atom. The summed E-state index contributed by atoms with van der Waals surface area (Å²) in [5.74, 6) is -1.34. The number of anilines is 1. The summed E-state index contributed by atoms with van der Waals surface area (Å²) < 4.78 is 5.51. The fraction of sp³-hybridized carbons (Fsp3) is 0.154. The highest BCUT2D eigenvalue weighted by Crippen LogP contribution is 2.44. The molecule has 2 N–H and O–H groups in total. The molecule has 6 heteroatoms. The number of hydrogen-bond donors (Lipinski definition) is 2. The molecular formula is C26H23NO5. The molecule has 3 aromatic carbocycles. The number of phenols is 1. The monoisotopic (exact) mass is 429 g/mol. The van der Waals surface area contributed by atoms with Gasteiger partial charge in [-0.25, -0.2) is 0 Å². The van der Waals surface area contributed by atoms with Crippen LogP contribution in [0.15, 0.2) is 72.3 Å². The first-order chi connectivity index (χ1) is 15.3. The van der Waals surface area contributed by atoms with Crippen molar-refractivity contribution in [1.82, 2.24) is 0 Å². The van der Waals surface area contributed by atoms with E-state index in [1.807, 2.05) is 26.0 Å². The second-order valence-electron chi connectivity index (χ2n) is 7.76. The molecular weight excluding hydrogens is 406 g/mol. The average molecular weight is 429 g/mol. The van der Waals surface area contributed by atoms with Crippen LogP contribution in [0.5, 0.6) is 11.5 Å². The van der Waals surface area contributed by atoms with E-state index in [9.17, 15) is 19.8 Å². The second-order valence-corrected chi connectivity index (χ2v) is 7.76. The third-order valence-electron chi connectivity index (χ3n) is 5.57. The number of aliphatic hydroxyl groups is 1. The van der Waals surface area contributed by atoms with Gasteiger partial charge in [0, 0.05) is 5.69 Å². The Bertz CT molecular complexity index is 1230. The van der Waals surface area contributed by atoms with Gasteiger partial charge in [-0.2, -0.15) is 0 Å². The largest absolute Gasteiger partial charge is 0.508 e. The summed E-state index contributed by atoms with van der Waals surface area (Å²) in [7, 11) is 1.49. The number of carbonyl (C=O) groups excluding carboxylic acids is 2. The van der Waals surface area contributed by atoms with Gasteiger partial charge < -0.3 is 14.9 Å². The molecule has 0 saturated carbocycles. The molecule has 1 aliphatic rings. The quantitative estimate of drug-likeness (QED) is 0.358. The van der Waals surface area contributed by atoms with Crippen molar-refractivity contribution in [2.24, 2.45) is 0 Å². The lowest BCUT2D eigenvalue weighted by Crippen LogP contribution is -2.29. The van der Waals surface area contributed by atoms with E-state index in [2.05, 4.69) is 0 Å². The maximum absolute atomic E-state index is 13.2. The Balaban J connectivity index is 2.00. The topological polar surface area (TPSA) is 87.1 Å². The number of hydrogen-bond acceptors (Lipinski definition) is 5. The van der Waals surface area contributed by atoms with E-state index >= 15 is 0 Å². The molecule has 3 aromatic rings. The molecule has 1 amide bonds. The summed E-state index contributed by atoms with van der Waals surface area (Å²) in [4.78, 5) is 27.7. The van der Waals surface area contributed by atoms with Crippen molar-refractivity contribution in [3.05, 3.63) is 94.6 Å². The molecule has 0 radical (unpaired) electrons. The van der Waals surface area contributed by atoms with Gasteiger partial charge in [0.25, 0.3) is 11.7 Å². The van der Waals surface area contributed by atoms with Crippen LogP contribution >= 0.6 is 0 Å². The molecule has 1 heterocycles. The van der Waals surface area contributed by atoms with Crippen LogP contribution in [-0.4, -0.2) is 29.0 Å². The number of aryl methyl sites for hydroxylation is 2. The molecule has 6 nitrogen and oxygen atoms in total. The fourth-order valence-electron chi connectivity index (χ4n) is 4.21. The molecule has 32 heavy (non-hydrogen) atoms. The zero-order valence-electron chi connectivity index (χ0n) is 18.0. The van der Waals surface area contributed by atoms with E-state index in [0.29, 0.717) is 22.6 Å². The minimum atomic E-state index is -0.872. The molecule has 1 saturated heterocycles. The maximum Gasteiger partial charge on any atom is 0.300 e. The molecule has 162 valence electrons. The number of aliphatic hydroxyl groups excluding tert-OH is 1. The van der Waals surface area contributed by atoms with Crippen molar-refractivity contribution >= 4 is 23.1 Å². The maximum atomic E-state index is 13.2. The SMILES string of the molecule is COc1c(C)cc(C)cc1/C(O)=C1\C(=O)C(=O)N(c2ccccc2)C1c1ccc(O)cc1. The minimum absolute atomic E-state index is 0.0344. The Hall–Kier alpha value is -4.06. The molecule has 4 rings (SSSR count). The standard InChI is InChI=1S/C26H23NO5/c1-15-13-16(2)25(32-3)20(14-15)23(29)21-22(17-9-11-19(28)12-10-17)27(26(31)24(21)30)18-7-5-4-6-8-18/h4-14,22,28-29H,1-3H3/b23-21+. The van der Waals surface area contributed by atoms with Gasteiger partial charge in [-0.15, -0.1) is 0 Å². The number of ether oxygens (including phenoxy) is 1. The van der Waals surface area contributed by atoms with E-state index in [4.69, 9.17) is 4.74 Å². The Morgan fingerprint density at radius 3 is 2.25 bits per heavy atom. The van der Waals surface area contributed by atoms with Crippen LogP contribution in [0.1, 0.15) is 28.3 Å². The van der Waals surface area contributed by atoms with Gasteiger partial charge in [0.05, 0.1) is 24.3 Å². The van der Waals surface area contributed by atoms with Crippen molar-refractivity contribution in [3.8, 4) is 11.5 Å².